The molecule has 110 valence electrons. The van der Waals surface area contributed by atoms with Crippen molar-refractivity contribution in [3.05, 3.63) is 10.6 Å². The summed E-state index contributed by atoms with van der Waals surface area (Å²) >= 11 is 1.27. The Balaban J connectivity index is 1.96. The Kier molecular flexibility index (Phi) is 4.89. The summed E-state index contributed by atoms with van der Waals surface area (Å²) in [6.45, 7) is 2.81. The summed E-state index contributed by atoms with van der Waals surface area (Å²) < 4.78 is 8.55. The minimum atomic E-state index is -0.447. The standard InChI is InChI=1S/C12H18N4O3S/c1-8-10(20-15-14-8)7-13-11(17)9-5-3-4-6-16(9)12(18)19-2/h9H,3-7H2,1-2H3,(H,13,17). The van der Waals surface area contributed by atoms with Crippen molar-refractivity contribution in [3.8, 4) is 0 Å². The molecule has 0 spiro atoms. The summed E-state index contributed by atoms with van der Waals surface area (Å²) in [5.41, 5.74) is 0.823. The highest BCUT2D eigenvalue weighted by Crippen LogP contribution is 2.18. The first-order valence-electron chi connectivity index (χ1n) is 6.53. The van der Waals surface area contributed by atoms with Gasteiger partial charge in [-0.2, -0.15) is 0 Å². The van der Waals surface area contributed by atoms with Gasteiger partial charge in [-0.15, -0.1) is 5.10 Å². The van der Waals surface area contributed by atoms with Gasteiger partial charge in [-0.1, -0.05) is 4.49 Å². The number of piperidine rings is 1. The number of hydrogen-bond donors (Lipinski definition) is 1. The maximum Gasteiger partial charge on any atom is 0.410 e. The quantitative estimate of drug-likeness (QED) is 0.902. The molecule has 0 aromatic carbocycles. The highest BCUT2D eigenvalue weighted by Gasteiger charge is 2.32. The van der Waals surface area contributed by atoms with Crippen LogP contribution in [0.3, 0.4) is 0 Å². The molecule has 1 fully saturated rings. The molecule has 1 N–H and O–H groups in total. The maximum absolute atomic E-state index is 12.2. The molecule has 0 saturated carbocycles. The van der Waals surface area contributed by atoms with Crippen molar-refractivity contribution < 1.29 is 14.3 Å². The van der Waals surface area contributed by atoms with Gasteiger partial charge in [0.2, 0.25) is 5.91 Å². The number of amides is 2. The van der Waals surface area contributed by atoms with Crippen LogP contribution in [-0.2, 0) is 16.1 Å². The number of nitrogens with one attached hydrogen (secondary N) is 1. The summed E-state index contributed by atoms with van der Waals surface area (Å²) in [6, 6.07) is -0.447. The van der Waals surface area contributed by atoms with Crippen molar-refractivity contribution in [3.63, 3.8) is 0 Å². The second-order valence-corrected chi connectivity index (χ2v) is 5.51. The van der Waals surface area contributed by atoms with Gasteiger partial charge in [0.05, 0.1) is 24.2 Å². The van der Waals surface area contributed by atoms with Crippen LogP contribution in [0.1, 0.15) is 29.8 Å². The van der Waals surface area contributed by atoms with Gasteiger partial charge in [0.1, 0.15) is 6.04 Å². The molecule has 1 aliphatic heterocycles. The molecule has 20 heavy (non-hydrogen) atoms. The molecule has 0 bridgehead atoms. The molecule has 1 atom stereocenters. The van der Waals surface area contributed by atoms with E-state index in [0.717, 1.165) is 23.4 Å². The van der Waals surface area contributed by atoms with Crippen LogP contribution in [0.15, 0.2) is 0 Å². The first-order valence-corrected chi connectivity index (χ1v) is 7.31. The number of likely N-dealkylation sites (tertiary alicyclic amines) is 1. The van der Waals surface area contributed by atoms with Gasteiger partial charge in [-0.3, -0.25) is 9.69 Å². The lowest BCUT2D eigenvalue weighted by atomic mass is 10.0. The van der Waals surface area contributed by atoms with E-state index >= 15 is 0 Å². The number of aromatic nitrogens is 2. The summed E-state index contributed by atoms with van der Waals surface area (Å²) in [5, 5.41) is 6.74. The molecule has 8 heteroatoms. The van der Waals surface area contributed by atoms with E-state index in [9.17, 15) is 9.59 Å². The van der Waals surface area contributed by atoms with E-state index in [1.54, 1.807) is 0 Å². The number of carbonyl (C=O) groups is 2. The van der Waals surface area contributed by atoms with E-state index in [1.807, 2.05) is 6.92 Å². The molecule has 2 amide bonds. The fraction of sp³-hybridized carbons (Fsp3) is 0.667. The first kappa shape index (κ1) is 14.7. The molecule has 7 nitrogen and oxygen atoms in total. The predicted octanol–water partition coefficient (Wildman–Crippen LogP) is 1.08. The largest absolute Gasteiger partial charge is 0.453 e. The second kappa shape index (κ2) is 6.65. The molecular formula is C12H18N4O3S. The Morgan fingerprint density at radius 1 is 1.50 bits per heavy atom. The van der Waals surface area contributed by atoms with Crippen LogP contribution in [0.4, 0.5) is 4.79 Å². The Morgan fingerprint density at radius 3 is 2.95 bits per heavy atom. The Bertz CT molecular complexity index is 491. The Morgan fingerprint density at radius 2 is 2.30 bits per heavy atom. The Hall–Kier alpha value is -1.70. The summed E-state index contributed by atoms with van der Waals surface area (Å²) in [6.07, 6.45) is 2.06. The van der Waals surface area contributed by atoms with E-state index < -0.39 is 12.1 Å². The minimum Gasteiger partial charge on any atom is -0.453 e. The van der Waals surface area contributed by atoms with Crippen LogP contribution < -0.4 is 5.32 Å². The molecule has 1 saturated heterocycles. The fourth-order valence-electron chi connectivity index (χ4n) is 2.24. The minimum absolute atomic E-state index is 0.150. The zero-order chi connectivity index (χ0) is 14.5. The van der Waals surface area contributed by atoms with E-state index in [2.05, 4.69) is 14.9 Å². The van der Waals surface area contributed by atoms with Gasteiger partial charge >= 0.3 is 6.09 Å². The lowest BCUT2D eigenvalue weighted by Gasteiger charge is -2.33. The van der Waals surface area contributed by atoms with E-state index in [-0.39, 0.29) is 5.91 Å². The maximum atomic E-state index is 12.2. The second-order valence-electron chi connectivity index (χ2n) is 4.67. The van der Waals surface area contributed by atoms with Crippen molar-refractivity contribution in [2.24, 2.45) is 0 Å². The third-order valence-electron chi connectivity index (χ3n) is 3.38. The number of hydrogen-bond acceptors (Lipinski definition) is 6. The molecular weight excluding hydrogens is 280 g/mol. The third-order valence-corrected chi connectivity index (χ3v) is 4.21. The Labute approximate surface area is 121 Å². The van der Waals surface area contributed by atoms with Gasteiger partial charge in [0.25, 0.3) is 0 Å². The molecule has 0 radical (unpaired) electrons. The van der Waals surface area contributed by atoms with Crippen molar-refractivity contribution in [2.75, 3.05) is 13.7 Å². The van der Waals surface area contributed by atoms with Gasteiger partial charge in [0.15, 0.2) is 0 Å². The van der Waals surface area contributed by atoms with Gasteiger partial charge in [-0.25, -0.2) is 4.79 Å². The van der Waals surface area contributed by atoms with Crippen molar-refractivity contribution in [1.29, 1.82) is 0 Å². The van der Waals surface area contributed by atoms with E-state index in [0.29, 0.717) is 19.5 Å². The zero-order valence-corrected chi connectivity index (χ0v) is 12.4. The normalized spacial score (nSPS) is 18.7. The number of aryl methyl sites for hydroxylation is 1. The van der Waals surface area contributed by atoms with Crippen molar-refractivity contribution in [2.45, 2.75) is 38.8 Å². The molecule has 2 rings (SSSR count). The third kappa shape index (κ3) is 3.24. The summed E-state index contributed by atoms with van der Waals surface area (Å²) in [4.78, 5) is 26.3. The van der Waals surface area contributed by atoms with Gasteiger partial charge < -0.3 is 10.1 Å². The smallest absolute Gasteiger partial charge is 0.410 e. The van der Waals surface area contributed by atoms with Crippen LogP contribution in [-0.4, -0.2) is 46.2 Å². The number of rotatable bonds is 3. The zero-order valence-electron chi connectivity index (χ0n) is 11.6. The first-order chi connectivity index (χ1) is 9.63. The van der Waals surface area contributed by atoms with Crippen LogP contribution in [0.25, 0.3) is 0 Å². The lowest BCUT2D eigenvalue weighted by molar-refractivity contribution is -0.127. The monoisotopic (exact) mass is 298 g/mol. The highest BCUT2D eigenvalue weighted by atomic mass is 32.1. The summed E-state index contributed by atoms with van der Waals surface area (Å²) in [5.74, 6) is -0.150. The van der Waals surface area contributed by atoms with Crippen molar-refractivity contribution >= 4 is 23.5 Å². The van der Waals surface area contributed by atoms with Gasteiger partial charge in [0, 0.05) is 6.54 Å². The molecule has 1 aliphatic rings. The number of carbonyl (C=O) groups excluding carboxylic acids is 2. The summed E-state index contributed by atoms with van der Waals surface area (Å²) in [7, 11) is 1.33. The molecule has 1 aromatic rings. The van der Waals surface area contributed by atoms with Crippen LogP contribution >= 0.6 is 11.5 Å². The molecule has 2 heterocycles. The predicted molar refractivity (Wildman–Crippen MR) is 73.2 cm³/mol. The number of ether oxygens (including phenoxy) is 1. The highest BCUT2D eigenvalue weighted by molar-refractivity contribution is 7.05. The average Bonchev–Trinajstić information content (AvgIpc) is 2.89. The molecule has 1 aromatic heterocycles. The van der Waals surface area contributed by atoms with Crippen LogP contribution in [0.2, 0.25) is 0 Å². The average molecular weight is 298 g/mol. The van der Waals surface area contributed by atoms with Gasteiger partial charge in [-0.05, 0) is 37.7 Å². The lowest BCUT2D eigenvalue weighted by Crippen LogP contribution is -2.51. The number of nitrogens with zero attached hydrogens (tertiary/aromatic N) is 3. The van der Waals surface area contributed by atoms with E-state index in [1.165, 1.54) is 23.5 Å². The van der Waals surface area contributed by atoms with E-state index in [4.69, 9.17) is 4.74 Å². The number of methoxy groups -OCH3 is 1. The van der Waals surface area contributed by atoms with Crippen molar-refractivity contribution in [1.82, 2.24) is 19.8 Å². The molecule has 1 unspecified atom stereocenters. The fourth-order valence-corrected chi connectivity index (χ4v) is 2.81. The van der Waals surface area contributed by atoms with Crippen LogP contribution in [0, 0.1) is 6.92 Å². The SMILES string of the molecule is COC(=O)N1CCCCC1C(=O)NCc1snnc1C. The topological polar surface area (TPSA) is 84.4 Å². The van der Waals surface area contributed by atoms with Crippen LogP contribution in [0.5, 0.6) is 0 Å². The molecule has 0 aliphatic carbocycles.